The molecule has 9 N–H and O–H groups in total. The highest BCUT2D eigenvalue weighted by molar-refractivity contribution is 6.29. The van der Waals surface area contributed by atoms with Crippen molar-refractivity contribution in [1.82, 2.24) is 25.2 Å². The number of halogens is 1. The molecule has 0 aliphatic heterocycles. The fraction of sp³-hybridized carbons (Fsp3) is 0.440. The number of carbonyl (C=O) groups is 1. The predicted octanol–water partition coefficient (Wildman–Crippen LogP) is -1.08. The van der Waals surface area contributed by atoms with E-state index >= 15 is 0 Å². The van der Waals surface area contributed by atoms with E-state index in [1.165, 1.54) is 6.20 Å². The zero-order valence-electron chi connectivity index (χ0n) is 21.7. The molecule has 0 bridgehead atoms. The van der Waals surface area contributed by atoms with E-state index in [4.69, 9.17) is 22.4 Å². The van der Waals surface area contributed by atoms with Crippen molar-refractivity contribution in [2.24, 2.45) is 0 Å². The number of aromatic nitrogens is 4. The van der Waals surface area contributed by atoms with Gasteiger partial charge in [0.05, 0.1) is 32.0 Å². The molecule has 3 rings (SSSR count). The molecule has 0 radical (unpaired) electrons. The van der Waals surface area contributed by atoms with Crippen molar-refractivity contribution in [2.45, 2.75) is 57.9 Å². The van der Waals surface area contributed by atoms with Crippen LogP contribution < -0.4 is 20.9 Å². The molecule has 0 aliphatic carbocycles. The largest absolute Gasteiger partial charge is 0.394 e. The van der Waals surface area contributed by atoms with Crippen molar-refractivity contribution in [3.05, 3.63) is 53.2 Å². The zero-order chi connectivity index (χ0) is 28.9. The van der Waals surface area contributed by atoms with Gasteiger partial charge in [-0.15, -0.1) is 0 Å². The summed E-state index contributed by atoms with van der Waals surface area (Å²) in [6, 6.07) is 5.69. The van der Waals surface area contributed by atoms with E-state index in [1.54, 1.807) is 0 Å². The van der Waals surface area contributed by atoms with Crippen LogP contribution in [0.2, 0.25) is 5.15 Å². The quantitative estimate of drug-likeness (QED) is 0.118. The molecule has 0 fully saturated rings. The second kappa shape index (κ2) is 13.2. The normalized spacial score (nSPS) is 14.6. The van der Waals surface area contributed by atoms with E-state index < -0.39 is 36.9 Å². The number of aryl methyl sites for hydroxylation is 2. The van der Waals surface area contributed by atoms with Gasteiger partial charge in [-0.05, 0) is 32.0 Å². The number of aliphatic hydroxyl groups is 5. The summed E-state index contributed by atoms with van der Waals surface area (Å²) in [5.74, 6) is 0.306. The Morgan fingerprint density at radius 2 is 1.87 bits per heavy atom. The van der Waals surface area contributed by atoms with Crippen LogP contribution in [0.4, 0.5) is 5.82 Å². The molecule has 2 aromatic heterocycles. The van der Waals surface area contributed by atoms with Crippen LogP contribution >= 0.6 is 11.6 Å². The minimum Gasteiger partial charge on any atom is -0.394 e. The van der Waals surface area contributed by atoms with Gasteiger partial charge in [0.1, 0.15) is 30.0 Å². The lowest BCUT2D eigenvalue weighted by atomic mass is 10.0. The maximum Gasteiger partial charge on any atom is 0.277 e. The number of nitrogens with one attached hydrogen (secondary N) is 2. The number of hydrogen-bond donors (Lipinski definition) is 8. The van der Waals surface area contributed by atoms with Gasteiger partial charge in [-0.2, -0.15) is 0 Å². The Morgan fingerprint density at radius 1 is 1.18 bits per heavy atom. The van der Waals surface area contributed by atoms with Crippen LogP contribution in [-0.2, 0) is 19.6 Å². The predicted molar refractivity (Wildman–Crippen MR) is 144 cm³/mol. The van der Waals surface area contributed by atoms with Gasteiger partial charge in [0.2, 0.25) is 0 Å². The van der Waals surface area contributed by atoms with Gasteiger partial charge in [0, 0.05) is 17.8 Å². The maximum absolute atomic E-state index is 12.7. The van der Waals surface area contributed by atoms with E-state index in [1.807, 2.05) is 36.6 Å². The van der Waals surface area contributed by atoms with Gasteiger partial charge < -0.3 is 41.9 Å². The standard InChI is InChI=1S/C25H34ClN7O6/c1-4-32-15-7-6-14(13(3)28-9-17(35)22(37)23(38)18(36)12-34)8-16(15)33(5-2)20(32)11-30-25(39)21-24(27)29-10-19(26)31-21/h6-8,10,17-18,22-23,28,34-38H,3-5,9,11-12H2,1-2H3,(H2-,27,29,30,39)/p+1/t17-,18+,22+,23+/m0/s1. The summed E-state index contributed by atoms with van der Waals surface area (Å²) in [4.78, 5) is 20.6. The van der Waals surface area contributed by atoms with Gasteiger partial charge in [0.25, 0.3) is 11.7 Å². The Labute approximate surface area is 230 Å². The Kier molecular flexibility index (Phi) is 10.2. The number of carbonyl (C=O) groups excluding carboxylic acids is 1. The van der Waals surface area contributed by atoms with Gasteiger partial charge >= 0.3 is 0 Å². The number of fused-ring (bicyclic) bond motifs is 1. The number of aliphatic hydroxyl groups excluding tert-OH is 5. The monoisotopic (exact) mass is 564 g/mol. The molecule has 39 heavy (non-hydrogen) atoms. The summed E-state index contributed by atoms with van der Waals surface area (Å²) in [6.07, 6.45) is -5.14. The Hall–Kier alpha value is -3.33. The van der Waals surface area contributed by atoms with Crippen LogP contribution in [0.3, 0.4) is 0 Å². The highest BCUT2D eigenvalue weighted by Gasteiger charge is 2.30. The first-order valence-electron chi connectivity index (χ1n) is 12.4. The van der Waals surface area contributed by atoms with E-state index in [-0.39, 0.29) is 29.8 Å². The van der Waals surface area contributed by atoms with Crippen LogP contribution in [0.25, 0.3) is 16.7 Å². The number of rotatable bonds is 13. The molecular formula is C25H35ClN7O6+. The number of benzene rings is 1. The molecule has 2 heterocycles. The van der Waals surface area contributed by atoms with Crippen LogP contribution in [0, 0.1) is 0 Å². The molecule has 14 heteroatoms. The smallest absolute Gasteiger partial charge is 0.277 e. The molecule has 4 atom stereocenters. The Morgan fingerprint density at radius 3 is 2.51 bits per heavy atom. The maximum atomic E-state index is 12.7. The third-order valence-electron chi connectivity index (χ3n) is 6.40. The van der Waals surface area contributed by atoms with Crippen LogP contribution in [0.1, 0.15) is 35.7 Å². The molecule has 1 amide bonds. The number of nitrogens with zero attached hydrogens (tertiary/aromatic N) is 4. The lowest BCUT2D eigenvalue weighted by Gasteiger charge is -2.26. The van der Waals surface area contributed by atoms with E-state index in [9.17, 15) is 25.2 Å². The highest BCUT2D eigenvalue weighted by Crippen LogP contribution is 2.21. The molecular weight excluding hydrogens is 530 g/mol. The Balaban J connectivity index is 1.80. The van der Waals surface area contributed by atoms with Gasteiger partial charge in [0.15, 0.2) is 22.5 Å². The number of imidazole rings is 1. The van der Waals surface area contributed by atoms with Gasteiger partial charge in [-0.3, -0.25) is 4.79 Å². The minimum atomic E-state index is -1.71. The average molecular weight is 565 g/mol. The first kappa shape index (κ1) is 30.2. The Bertz CT molecular complexity index is 1330. The summed E-state index contributed by atoms with van der Waals surface area (Å²) < 4.78 is 4.12. The molecule has 1 aromatic carbocycles. The molecule has 13 nitrogen and oxygen atoms in total. The van der Waals surface area contributed by atoms with Gasteiger partial charge in [-0.25, -0.2) is 19.1 Å². The summed E-state index contributed by atoms with van der Waals surface area (Å²) in [7, 11) is 0. The number of nitrogens with two attached hydrogens (primary N) is 1. The van der Waals surface area contributed by atoms with Crippen molar-refractivity contribution < 1.29 is 34.9 Å². The van der Waals surface area contributed by atoms with Crippen molar-refractivity contribution in [2.75, 3.05) is 18.9 Å². The summed E-state index contributed by atoms with van der Waals surface area (Å²) in [5, 5.41) is 54.3. The second-order valence-corrected chi connectivity index (χ2v) is 9.26. The van der Waals surface area contributed by atoms with E-state index in [0.29, 0.717) is 24.4 Å². The molecule has 0 unspecified atom stereocenters. The van der Waals surface area contributed by atoms with Crippen LogP contribution in [-0.4, -0.2) is 83.5 Å². The first-order chi connectivity index (χ1) is 18.5. The third-order valence-corrected chi connectivity index (χ3v) is 6.59. The molecule has 212 valence electrons. The lowest BCUT2D eigenvalue weighted by Crippen LogP contribution is -2.48. The summed E-state index contributed by atoms with van der Waals surface area (Å²) >= 11 is 5.87. The van der Waals surface area contributed by atoms with Crippen molar-refractivity contribution in [1.29, 1.82) is 0 Å². The molecule has 0 saturated heterocycles. The second-order valence-electron chi connectivity index (χ2n) is 8.88. The SMILES string of the molecule is C=C(NC[C@H](O)[C@@H](O)[C@H](O)[C@H](O)CO)c1ccc2c(c1)n(CC)c(CNC(=O)c1nc(Cl)cnc1N)[n+]2CC. The topological polar surface area (TPSA) is 203 Å². The third kappa shape index (κ3) is 6.64. The average Bonchev–Trinajstić information content (AvgIpc) is 3.25. The fourth-order valence-corrected chi connectivity index (χ4v) is 4.41. The molecule has 0 spiro atoms. The number of hydrogen-bond acceptors (Lipinski definition) is 10. The fourth-order valence-electron chi connectivity index (χ4n) is 4.28. The van der Waals surface area contributed by atoms with Gasteiger partial charge in [-0.1, -0.05) is 18.2 Å². The molecule has 0 aliphatic rings. The lowest BCUT2D eigenvalue weighted by molar-refractivity contribution is -0.676. The summed E-state index contributed by atoms with van der Waals surface area (Å²) in [5.41, 5.74) is 8.72. The highest BCUT2D eigenvalue weighted by atomic mass is 35.5. The number of amides is 1. The van der Waals surface area contributed by atoms with Crippen molar-refractivity contribution in [3.8, 4) is 0 Å². The number of nitrogen functional groups attached to an aromatic ring is 1. The van der Waals surface area contributed by atoms with Crippen molar-refractivity contribution in [3.63, 3.8) is 0 Å². The van der Waals surface area contributed by atoms with E-state index in [2.05, 4.69) is 31.7 Å². The van der Waals surface area contributed by atoms with Crippen LogP contribution in [0.5, 0.6) is 0 Å². The molecule has 0 saturated carbocycles. The minimum absolute atomic E-state index is 0.0244. The summed E-state index contributed by atoms with van der Waals surface area (Å²) in [6.45, 7) is 8.49. The zero-order valence-corrected chi connectivity index (χ0v) is 22.5. The number of anilines is 1. The van der Waals surface area contributed by atoms with Crippen LogP contribution in [0.15, 0.2) is 31.0 Å². The first-order valence-corrected chi connectivity index (χ1v) is 12.8. The van der Waals surface area contributed by atoms with E-state index in [0.717, 1.165) is 16.9 Å². The van der Waals surface area contributed by atoms with Crippen molar-refractivity contribution >= 4 is 40.1 Å². The molecule has 3 aromatic rings.